The maximum absolute atomic E-state index is 11.8. The monoisotopic (exact) mass is 282 g/mol. The van der Waals surface area contributed by atoms with Crippen LogP contribution in [-0.4, -0.2) is 33.1 Å². The van der Waals surface area contributed by atoms with E-state index in [1.54, 1.807) is 13.8 Å². The number of nitrogens with zero attached hydrogens (tertiary/aromatic N) is 2. The van der Waals surface area contributed by atoms with Gasteiger partial charge in [-0.25, -0.2) is 0 Å². The van der Waals surface area contributed by atoms with Gasteiger partial charge >= 0.3 is 11.9 Å². The highest BCUT2D eigenvalue weighted by Crippen LogP contribution is 2.19. The molecule has 2 unspecified atom stereocenters. The van der Waals surface area contributed by atoms with E-state index in [1.165, 1.54) is 0 Å². The molecule has 1 heterocycles. The first-order valence-corrected chi connectivity index (χ1v) is 5.90. The van der Waals surface area contributed by atoms with E-state index in [4.69, 9.17) is 9.84 Å². The zero-order valence-electron chi connectivity index (χ0n) is 11.0. The van der Waals surface area contributed by atoms with Crippen LogP contribution in [0.3, 0.4) is 0 Å². The van der Waals surface area contributed by atoms with Crippen molar-refractivity contribution in [3.05, 3.63) is 34.1 Å². The maximum atomic E-state index is 11.8. The Kier molecular flexibility index (Phi) is 5.13. The van der Waals surface area contributed by atoms with Crippen molar-refractivity contribution in [1.29, 1.82) is 0 Å². The highest BCUT2D eigenvalue weighted by Gasteiger charge is 2.32. The molecule has 1 aromatic heterocycles. The zero-order chi connectivity index (χ0) is 15.3. The van der Waals surface area contributed by atoms with Crippen LogP contribution in [0.4, 0.5) is 5.69 Å². The summed E-state index contributed by atoms with van der Waals surface area (Å²) in [6, 6.07) is 2.23. The molecule has 0 aliphatic rings. The lowest BCUT2D eigenvalue weighted by Gasteiger charge is -2.15. The fourth-order valence-corrected chi connectivity index (χ4v) is 1.37. The summed E-state index contributed by atoms with van der Waals surface area (Å²) in [6.45, 7) is 3.43. The second-order valence-corrected chi connectivity index (χ2v) is 4.13. The van der Waals surface area contributed by atoms with Crippen LogP contribution in [0.1, 0.15) is 31.9 Å². The number of aliphatic carboxylic acids is 1. The van der Waals surface area contributed by atoms with Crippen LogP contribution in [0.2, 0.25) is 0 Å². The number of nitro groups is 1. The first-order chi connectivity index (χ1) is 9.36. The molecule has 0 aliphatic carbocycles. The van der Waals surface area contributed by atoms with Gasteiger partial charge in [-0.2, -0.15) is 0 Å². The van der Waals surface area contributed by atoms with Crippen LogP contribution in [0.15, 0.2) is 18.3 Å². The van der Waals surface area contributed by atoms with Gasteiger partial charge < -0.3 is 9.84 Å². The van der Waals surface area contributed by atoms with Gasteiger partial charge in [-0.05, 0) is 19.4 Å². The lowest BCUT2D eigenvalue weighted by molar-refractivity contribution is -0.385. The summed E-state index contributed by atoms with van der Waals surface area (Å²) < 4.78 is 4.96. The van der Waals surface area contributed by atoms with Gasteiger partial charge in [-0.1, -0.05) is 6.92 Å². The van der Waals surface area contributed by atoms with Gasteiger partial charge in [-0.3, -0.25) is 24.7 Å². The zero-order valence-corrected chi connectivity index (χ0v) is 11.0. The second-order valence-electron chi connectivity index (χ2n) is 4.13. The number of hydrogen-bond acceptors (Lipinski definition) is 6. The Balaban J connectivity index is 2.99. The van der Waals surface area contributed by atoms with Gasteiger partial charge in [0.05, 0.1) is 16.7 Å². The average Bonchev–Trinajstić information content (AvgIpc) is 2.38. The van der Waals surface area contributed by atoms with Gasteiger partial charge in [0, 0.05) is 6.07 Å². The van der Waals surface area contributed by atoms with Crippen LogP contribution < -0.4 is 0 Å². The van der Waals surface area contributed by atoms with E-state index in [0.717, 1.165) is 18.3 Å². The van der Waals surface area contributed by atoms with Gasteiger partial charge in [0.25, 0.3) is 5.69 Å². The maximum Gasteiger partial charge on any atom is 0.326 e. The van der Waals surface area contributed by atoms with Crippen molar-refractivity contribution in [3.8, 4) is 0 Å². The predicted octanol–water partition coefficient (Wildman–Crippen LogP) is 1.50. The van der Waals surface area contributed by atoms with Crippen LogP contribution >= 0.6 is 0 Å². The van der Waals surface area contributed by atoms with Crippen LogP contribution in [0.25, 0.3) is 0 Å². The molecule has 0 bridgehead atoms. The molecule has 0 aliphatic heterocycles. The molecule has 1 aromatic rings. The van der Waals surface area contributed by atoms with Crippen molar-refractivity contribution >= 4 is 17.6 Å². The molecule has 108 valence electrons. The Morgan fingerprint density at radius 2 is 2.15 bits per heavy atom. The van der Waals surface area contributed by atoms with Crippen LogP contribution in [-0.2, 0) is 14.3 Å². The number of esters is 1. The number of aromatic nitrogens is 1. The molecule has 0 fully saturated rings. The van der Waals surface area contributed by atoms with Crippen molar-refractivity contribution in [2.45, 2.75) is 32.3 Å². The largest absolute Gasteiger partial charge is 0.480 e. The van der Waals surface area contributed by atoms with Crippen LogP contribution in [0, 0.1) is 10.1 Å². The van der Waals surface area contributed by atoms with E-state index < -0.39 is 28.9 Å². The van der Waals surface area contributed by atoms with E-state index in [0.29, 0.717) is 6.42 Å². The molecule has 1 rings (SSSR count). The van der Waals surface area contributed by atoms with E-state index >= 15 is 0 Å². The van der Waals surface area contributed by atoms with E-state index in [2.05, 4.69) is 4.98 Å². The minimum absolute atomic E-state index is 0.101. The van der Waals surface area contributed by atoms with Crippen molar-refractivity contribution < 1.29 is 24.4 Å². The molecule has 8 nitrogen and oxygen atoms in total. The van der Waals surface area contributed by atoms with Gasteiger partial charge in [0.15, 0.2) is 5.92 Å². The summed E-state index contributed by atoms with van der Waals surface area (Å²) in [6.07, 6.45) is 1.04. The smallest absolute Gasteiger partial charge is 0.326 e. The molecular weight excluding hydrogens is 268 g/mol. The van der Waals surface area contributed by atoms with Gasteiger partial charge in [0.2, 0.25) is 0 Å². The normalized spacial score (nSPS) is 13.3. The predicted molar refractivity (Wildman–Crippen MR) is 67.1 cm³/mol. The molecule has 8 heteroatoms. The highest BCUT2D eigenvalue weighted by atomic mass is 16.6. The number of hydrogen-bond donors (Lipinski definition) is 1. The van der Waals surface area contributed by atoms with Crippen molar-refractivity contribution in [1.82, 2.24) is 4.98 Å². The third kappa shape index (κ3) is 3.74. The molecule has 0 saturated carbocycles. The van der Waals surface area contributed by atoms with Crippen molar-refractivity contribution in [2.24, 2.45) is 0 Å². The first kappa shape index (κ1) is 15.5. The Bertz CT molecular complexity index is 513. The van der Waals surface area contributed by atoms with E-state index in [9.17, 15) is 19.7 Å². The topological polar surface area (TPSA) is 120 Å². The quantitative estimate of drug-likeness (QED) is 0.363. The Morgan fingerprint density at radius 3 is 2.55 bits per heavy atom. The fraction of sp³-hybridized carbons (Fsp3) is 0.417. The Hall–Kier alpha value is -2.51. The number of pyridine rings is 1. The van der Waals surface area contributed by atoms with E-state index in [-0.39, 0.29) is 11.4 Å². The number of ether oxygens (including phenoxy) is 1. The lowest BCUT2D eigenvalue weighted by atomic mass is 10.1. The number of carbonyl (C=O) groups is 2. The summed E-state index contributed by atoms with van der Waals surface area (Å²) in [4.78, 5) is 36.4. The van der Waals surface area contributed by atoms with E-state index in [1.807, 2.05) is 0 Å². The van der Waals surface area contributed by atoms with Crippen LogP contribution in [0.5, 0.6) is 0 Å². The minimum atomic E-state index is -1.59. The fourth-order valence-electron chi connectivity index (χ4n) is 1.37. The lowest BCUT2D eigenvalue weighted by Crippen LogP contribution is -2.27. The standard InChI is InChI=1S/C12H14N2O6/c1-3-7(2)20-12(17)10(11(15)16)9-5-4-8(6-13-9)14(18)19/h4-7,10H,3H2,1-2H3,(H,15,16). The third-order valence-corrected chi connectivity index (χ3v) is 2.65. The number of carbonyl (C=O) groups excluding carboxylic acids is 1. The highest BCUT2D eigenvalue weighted by molar-refractivity contribution is 5.99. The Labute approximate surface area is 114 Å². The molecule has 0 amide bonds. The molecule has 0 saturated heterocycles. The molecule has 20 heavy (non-hydrogen) atoms. The summed E-state index contributed by atoms with van der Waals surface area (Å²) >= 11 is 0. The molecule has 0 spiro atoms. The first-order valence-electron chi connectivity index (χ1n) is 5.90. The summed E-state index contributed by atoms with van der Waals surface area (Å²) in [7, 11) is 0. The second kappa shape index (κ2) is 6.60. The average molecular weight is 282 g/mol. The number of carboxylic acids is 1. The summed E-state index contributed by atoms with van der Waals surface area (Å²) in [5, 5.41) is 19.6. The van der Waals surface area contributed by atoms with Gasteiger partial charge in [-0.15, -0.1) is 0 Å². The summed E-state index contributed by atoms with van der Waals surface area (Å²) in [5.74, 6) is -3.95. The van der Waals surface area contributed by atoms with Crippen molar-refractivity contribution in [3.63, 3.8) is 0 Å². The van der Waals surface area contributed by atoms with Gasteiger partial charge in [0.1, 0.15) is 6.20 Å². The number of carboxylic acid groups (broad SMARTS) is 1. The number of rotatable bonds is 6. The van der Waals surface area contributed by atoms with Crippen molar-refractivity contribution in [2.75, 3.05) is 0 Å². The molecule has 0 aromatic carbocycles. The Morgan fingerprint density at radius 1 is 1.50 bits per heavy atom. The summed E-state index contributed by atoms with van der Waals surface area (Å²) in [5.41, 5.74) is -0.385. The molecular formula is C12H14N2O6. The third-order valence-electron chi connectivity index (χ3n) is 2.65. The molecule has 0 radical (unpaired) electrons. The minimum Gasteiger partial charge on any atom is -0.480 e. The molecule has 1 N–H and O–H groups in total. The SMILES string of the molecule is CCC(C)OC(=O)C(C(=O)O)c1ccc([N+](=O)[O-])cn1. The molecule has 2 atom stereocenters.